The van der Waals surface area contributed by atoms with E-state index in [2.05, 4.69) is 39.7 Å². The number of fused-ring (bicyclic) bond motifs is 2. The van der Waals surface area contributed by atoms with Gasteiger partial charge in [-0.25, -0.2) is 0 Å². The van der Waals surface area contributed by atoms with Gasteiger partial charge in [0.15, 0.2) is 5.17 Å². The predicted octanol–water partition coefficient (Wildman–Crippen LogP) is 3.70. The Kier molecular flexibility index (Phi) is 3.49. The standard InChI is InChI=1S/C15H14N2OS3/c1-19-9-2-3-12-10(6-9)11(8-20-12)14-13(7-18)21-15-16-4-5-17(14)15/h2-3,6,8,18H,4-5,7H2,1H3. The molecule has 0 atom stereocenters. The third kappa shape index (κ3) is 2.12. The van der Waals surface area contributed by atoms with Gasteiger partial charge >= 0.3 is 0 Å². The predicted molar refractivity (Wildman–Crippen MR) is 94.2 cm³/mol. The smallest absolute Gasteiger partial charge is 0.168 e. The van der Waals surface area contributed by atoms with Crippen LogP contribution in [0.15, 0.2) is 38.4 Å². The van der Waals surface area contributed by atoms with E-state index in [0.29, 0.717) is 0 Å². The van der Waals surface area contributed by atoms with E-state index in [1.165, 1.54) is 20.5 Å². The molecule has 3 heterocycles. The van der Waals surface area contributed by atoms with Crippen LogP contribution in [0.3, 0.4) is 0 Å². The summed E-state index contributed by atoms with van der Waals surface area (Å²) in [6, 6.07) is 6.61. The molecule has 0 saturated heterocycles. The van der Waals surface area contributed by atoms with Crippen LogP contribution in [-0.4, -0.2) is 41.1 Å². The van der Waals surface area contributed by atoms with Gasteiger partial charge in [0.25, 0.3) is 0 Å². The van der Waals surface area contributed by atoms with Crippen molar-refractivity contribution in [2.24, 2.45) is 4.99 Å². The number of hydrogen-bond donors (Lipinski definition) is 1. The quantitative estimate of drug-likeness (QED) is 0.868. The van der Waals surface area contributed by atoms with Gasteiger partial charge in [-0.15, -0.1) is 23.1 Å². The fourth-order valence-corrected chi connectivity index (χ4v) is 5.17. The average molecular weight is 334 g/mol. The van der Waals surface area contributed by atoms with Crippen molar-refractivity contribution in [3.63, 3.8) is 0 Å². The van der Waals surface area contributed by atoms with E-state index in [0.717, 1.165) is 28.9 Å². The van der Waals surface area contributed by atoms with Crippen molar-refractivity contribution in [2.75, 3.05) is 26.0 Å². The van der Waals surface area contributed by atoms with Crippen LogP contribution < -0.4 is 0 Å². The number of hydrogen-bond acceptors (Lipinski definition) is 6. The topological polar surface area (TPSA) is 35.8 Å². The lowest BCUT2D eigenvalue weighted by Crippen LogP contribution is -2.19. The van der Waals surface area contributed by atoms with Gasteiger partial charge < -0.3 is 10.0 Å². The highest BCUT2D eigenvalue weighted by atomic mass is 32.2. The van der Waals surface area contributed by atoms with E-state index in [4.69, 9.17) is 0 Å². The molecule has 0 saturated carbocycles. The van der Waals surface area contributed by atoms with Crippen LogP contribution in [0.4, 0.5) is 0 Å². The molecule has 6 heteroatoms. The third-order valence-corrected chi connectivity index (χ3v) is 6.52. The van der Waals surface area contributed by atoms with Crippen LogP contribution in [0.2, 0.25) is 0 Å². The van der Waals surface area contributed by atoms with E-state index in [1.807, 2.05) is 0 Å². The Hall–Kier alpha value is -0.950. The van der Waals surface area contributed by atoms with Crippen molar-refractivity contribution < 1.29 is 5.11 Å². The molecule has 0 aliphatic carbocycles. The summed E-state index contributed by atoms with van der Waals surface area (Å²) >= 11 is 5.14. The van der Waals surface area contributed by atoms with Gasteiger partial charge in [-0.05, 0) is 24.5 Å². The normalized spacial score (nSPS) is 17.8. The van der Waals surface area contributed by atoms with Gasteiger partial charge in [-0.3, -0.25) is 4.99 Å². The fourth-order valence-electron chi connectivity index (χ4n) is 2.75. The summed E-state index contributed by atoms with van der Waals surface area (Å²) in [4.78, 5) is 9.06. The molecule has 21 heavy (non-hydrogen) atoms. The Morgan fingerprint density at radius 3 is 3.14 bits per heavy atom. The summed E-state index contributed by atoms with van der Waals surface area (Å²) in [5, 5.41) is 14.2. The Morgan fingerprint density at radius 2 is 2.33 bits per heavy atom. The number of benzene rings is 1. The minimum Gasteiger partial charge on any atom is -0.391 e. The van der Waals surface area contributed by atoms with Crippen molar-refractivity contribution in [3.8, 4) is 0 Å². The molecule has 2 aliphatic rings. The van der Waals surface area contributed by atoms with Crippen molar-refractivity contribution in [1.82, 2.24) is 4.90 Å². The molecule has 0 spiro atoms. The number of aliphatic hydroxyl groups excluding tert-OH is 1. The minimum atomic E-state index is 0.0785. The highest BCUT2D eigenvalue weighted by molar-refractivity contribution is 8.17. The number of rotatable bonds is 3. The minimum absolute atomic E-state index is 0.0785. The molecule has 0 fully saturated rings. The maximum absolute atomic E-state index is 9.70. The zero-order valence-corrected chi connectivity index (χ0v) is 13.9. The first-order chi connectivity index (χ1) is 10.3. The molecule has 0 bridgehead atoms. The van der Waals surface area contributed by atoms with Gasteiger partial charge in [0.2, 0.25) is 0 Å². The second kappa shape index (κ2) is 5.35. The number of amidine groups is 1. The molecule has 4 rings (SSSR count). The summed E-state index contributed by atoms with van der Waals surface area (Å²) in [6.45, 7) is 1.85. The molecule has 3 nitrogen and oxygen atoms in total. The van der Waals surface area contributed by atoms with E-state index in [-0.39, 0.29) is 6.61 Å². The highest BCUT2D eigenvalue weighted by Gasteiger charge is 2.33. The van der Waals surface area contributed by atoms with Crippen molar-refractivity contribution in [2.45, 2.75) is 4.90 Å². The molecule has 1 aromatic heterocycles. The first-order valence-electron chi connectivity index (χ1n) is 6.71. The molecular weight excluding hydrogens is 320 g/mol. The molecule has 0 radical (unpaired) electrons. The zero-order valence-electron chi connectivity index (χ0n) is 11.5. The van der Waals surface area contributed by atoms with Crippen LogP contribution in [0, 0.1) is 0 Å². The Bertz CT molecular complexity index is 778. The maximum Gasteiger partial charge on any atom is 0.168 e. The van der Waals surface area contributed by atoms with Crippen LogP contribution in [0.25, 0.3) is 15.8 Å². The summed E-state index contributed by atoms with van der Waals surface area (Å²) in [7, 11) is 0. The van der Waals surface area contributed by atoms with Crippen LogP contribution in [0.1, 0.15) is 5.56 Å². The summed E-state index contributed by atoms with van der Waals surface area (Å²) in [5.74, 6) is 0. The van der Waals surface area contributed by atoms with Gasteiger partial charge in [0.05, 0.1) is 18.8 Å². The second-order valence-electron chi connectivity index (χ2n) is 4.86. The monoisotopic (exact) mass is 334 g/mol. The first-order valence-corrected chi connectivity index (χ1v) is 9.63. The van der Waals surface area contributed by atoms with Crippen molar-refractivity contribution in [1.29, 1.82) is 0 Å². The van der Waals surface area contributed by atoms with Crippen LogP contribution in [0.5, 0.6) is 0 Å². The molecule has 2 aromatic rings. The summed E-state index contributed by atoms with van der Waals surface area (Å²) < 4.78 is 1.29. The van der Waals surface area contributed by atoms with E-state index >= 15 is 0 Å². The Morgan fingerprint density at radius 1 is 1.43 bits per heavy atom. The fraction of sp³-hybridized carbons (Fsp3) is 0.267. The van der Waals surface area contributed by atoms with E-state index in [9.17, 15) is 5.11 Å². The van der Waals surface area contributed by atoms with Gasteiger partial charge in [0, 0.05) is 37.4 Å². The van der Waals surface area contributed by atoms with E-state index < -0.39 is 0 Å². The largest absolute Gasteiger partial charge is 0.391 e. The molecule has 1 N–H and O–H groups in total. The SMILES string of the molecule is CSc1ccc2scc(C3=C(CO)SC4=NCCN43)c2c1. The third-order valence-electron chi connectivity index (χ3n) is 3.73. The lowest BCUT2D eigenvalue weighted by molar-refractivity contribution is 0.339. The molecule has 0 unspecified atom stereocenters. The van der Waals surface area contributed by atoms with Crippen molar-refractivity contribution >= 4 is 55.8 Å². The highest BCUT2D eigenvalue weighted by Crippen LogP contribution is 2.45. The van der Waals surface area contributed by atoms with Gasteiger partial charge in [0.1, 0.15) is 0 Å². The average Bonchev–Trinajstić information content (AvgIpc) is 3.19. The Balaban J connectivity index is 1.90. The zero-order chi connectivity index (χ0) is 14.4. The molecule has 2 aliphatic heterocycles. The van der Waals surface area contributed by atoms with Crippen molar-refractivity contribution in [3.05, 3.63) is 34.0 Å². The summed E-state index contributed by atoms with van der Waals surface area (Å²) in [6.07, 6.45) is 2.10. The molecular formula is C15H14N2OS3. The lowest BCUT2D eigenvalue weighted by Gasteiger charge is -2.16. The molecule has 0 amide bonds. The lowest BCUT2D eigenvalue weighted by atomic mass is 10.1. The molecule has 108 valence electrons. The second-order valence-corrected chi connectivity index (χ2v) is 7.71. The van der Waals surface area contributed by atoms with Crippen LogP contribution in [-0.2, 0) is 0 Å². The van der Waals surface area contributed by atoms with Gasteiger partial charge in [-0.1, -0.05) is 11.8 Å². The number of nitrogens with zero attached hydrogens (tertiary/aromatic N) is 2. The van der Waals surface area contributed by atoms with Crippen LogP contribution >= 0.6 is 34.9 Å². The Labute approximate surface area is 135 Å². The number of thiophene rings is 1. The first kappa shape index (κ1) is 13.7. The maximum atomic E-state index is 9.70. The molecule has 1 aromatic carbocycles. The van der Waals surface area contributed by atoms with Gasteiger partial charge in [-0.2, -0.15) is 0 Å². The number of thioether (sulfide) groups is 2. The van der Waals surface area contributed by atoms with E-state index in [1.54, 1.807) is 34.9 Å². The number of aliphatic imine (C=N–C) groups is 1. The number of aliphatic hydroxyl groups is 1. The summed E-state index contributed by atoms with van der Waals surface area (Å²) in [5.41, 5.74) is 2.39.